The Morgan fingerprint density at radius 3 is 2.55 bits per heavy atom. The molecule has 1 heterocycles. The molecule has 0 saturated carbocycles. The van der Waals surface area contributed by atoms with Crippen molar-refractivity contribution >= 4 is 6.09 Å². The fraction of sp³-hybridized carbons (Fsp3) is 0.696. The molecule has 6 heteroatoms. The van der Waals surface area contributed by atoms with E-state index < -0.39 is 5.60 Å². The molecule has 0 aromatic heterocycles. The molecule has 0 radical (unpaired) electrons. The van der Waals surface area contributed by atoms with Gasteiger partial charge in [-0.05, 0) is 58.6 Å². The minimum atomic E-state index is -0.459. The molecule has 1 aliphatic heterocycles. The van der Waals surface area contributed by atoms with Crippen LogP contribution in [0.15, 0.2) is 30.3 Å². The second-order valence-electron chi connectivity index (χ2n) is 8.74. The number of amides is 1. The highest BCUT2D eigenvalue weighted by molar-refractivity contribution is 5.68. The molecule has 1 atom stereocenters. The quantitative estimate of drug-likeness (QED) is 0.678. The van der Waals surface area contributed by atoms with E-state index in [-0.39, 0.29) is 18.8 Å². The van der Waals surface area contributed by atoms with Gasteiger partial charge in [0.2, 0.25) is 0 Å². The van der Waals surface area contributed by atoms with Gasteiger partial charge in [-0.25, -0.2) is 4.79 Å². The van der Waals surface area contributed by atoms with Crippen LogP contribution < -0.4 is 0 Å². The van der Waals surface area contributed by atoms with Crippen molar-refractivity contribution in [1.29, 1.82) is 0 Å². The van der Waals surface area contributed by atoms with Gasteiger partial charge in [-0.1, -0.05) is 30.3 Å². The number of aliphatic hydroxyl groups is 1. The molecule has 1 fully saturated rings. The van der Waals surface area contributed by atoms with Gasteiger partial charge in [0, 0.05) is 32.8 Å². The molecule has 29 heavy (non-hydrogen) atoms. The number of carbonyl (C=O) groups is 1. The maximum Gasteiger partial charge on any atom is 0.410 e. The molecule has 1 aromatic carbocycles. The normalized spacial score (nSPS) is 17.0. The molecule has 164 valence electrons. The summed E-state index contributed by atoms with van der Waals surface area (Å²) in [5.74, 6) is 0. The predicted octanol–water partition coefficient (Wildman–Crippen LogP) is 3.68. The minimum absolute atomic E-state index is 0.132. The van der Waals surface area contributed by atoms with E-state index in [0.29, 0.717) is 13.2 Å². The van der Waals surface area contributed by atoms with Crippen molar-refractivity contribution < 1.29 is 19.4 Å². The summed E-state index contributed by atoms with van der Waals surface area (Å²) in [5.41, 5.74) is 0.711. The first kappa shape index (κ1) is 23.6. The van der Waals surface area contributed by atoms with E-state index in [4.69, 9.17) is 9.47 Å². The lowest BCUT2D eigenvalue weighted by Gasteiger charge is -2.27. The summed E-state index contributed by atoms with van der Waals surface area (Å²) in [4.78, 5) is 16.5. The van der Waals surface area contributed by atoms with Crippen molar-refractivity contribution in [3.63, 3.8) is 0 Å². The van der Waals surface area contributed by atoms with Crippen LogP contribution in [-0.4, -0.2) is 72.0 Å². The molecule has 1 N–H and O–H groups in total. The molecule has 0 spiro atoms. The number of benzene rings is 1. The lowest BCUT2D eigenvalue weighted by atomic mass is 10.1. The largest absolute Gasteiger partial charge is 0.444 e. The van der Waals surface area contributed by atoms with E-state index in [1.807, 2.05) is 43.9 Å². The fourth-order valence-electron chi connectivity index (χ4n) is 3.45. The number of aliphatic hydroxyl groups excluding tert-OH is 1. The van der Waals surface area contributed by atoms with E-state index in [2.05, 4.69) is 17.0 Å². The topological polar surface area (TPSA) is 62.2 Å². The molecule has 1 saturated heterocycles. The third kappa shape index (κ3) is 9.61. The summed E-state index contributed by atoms with van der Waals surface area (Å²) >= 11 is 0. The highest BCUT2D eigenvalue weighted by Gasteiger charge is 2.24. The van der Waals surface area contributed by atoms with E-state index in [1.54, 1.807) is 0 Å². The summed E-state index contributed by atoms with van der Waals surface area (Å²) in [6, 6.07) is 10.2. The second-order valence-corrected chi connectivity index (χ2v) is 8.74. The highest BCUT2D eigenvalue weighted by Crippen LogP contribution is 2.15. The van der Waals surface area contributed by atoms with Gasteiger partial charge in [-0.2, -0.15) is 0 Å². The Morgan fingerprint density at radius 1 is 1.10 bits per heavy atom. The fourth-order valence-corrected chi connectivity index (χ4v) is 3.45. The third-order valence-corrected chi connectivity index (χ3v) is 5.02. The number of nitrogens with zero attached hydrogens (tertiary/aromatic N) is 2. The molecular formula is C23H38N2O4. The van der Waals surface area contributed by atoms with E-state index in [9.17, 15) is 9.90 Å². The summed E-state index contributed by atoms with van der Waals surface area (Å²) in [6.07, 6.45) is 3.41. The van der Waals surface area contributed by atoms with Gasteiger partial charge in [-0.3, -0.25) is 0 Å². The Balaban J connectivity index is 1.78. The van der Waals surface area contributed by atoms with E-state index in [0.717, 1.165) is 51.9 Å². The maximum atomic E-state index is 12.3. The number of hydrogen-bond acceptors (Lipinski definition) is 5. The number of ether oxygens (including phenoxy) is 2. The van der Waals surface area contributed by atoms with Gasteiger partial charge in [0.05, 0.1) is 12.7 Å². The van der Waals surface area contributed by atoms with Gasteiger partial charge in [-0.15, -0.1) is 0 Å². The Kier molecular flexibility index (Phi) is 9.91. The van der Waals surface area contributed by atoms with Crippen LogP contribution in [0.2, 0.25) is 0 Å². The standard InChI is InChI=1S/C23H38N2O4/c1-23(2,3)29-22(27)25-14-8-13-24(16-17-25)15-12-21(11-7-18-26)28-19-20-9-5-4-6-10-20/h4-6,9-10,21,26H,7-8,11-19H2,1-3H3. The zero-order chi connectivity index (χ0) is 21.1. The molecule has 2 rings (SSSR count). The van der Waals surface area contributed by atoms with Crippen LogP contribution in [0, 0.1) is 0 Å². The van der Waals surface area contributed by atoms with Crippen molar-refractivity contribution in [2.45, 2.75) is 64.8 Å². The maximum absolute atomic E-state index is 12.3. The van der Waals surface area contributed by atoms with Crippen LogP contribution in [0.5, 0.6) is 0 Å². The average Bonchev–Trinajstić information content (AvgIpc) is 2.93. The van der Waals surface area contributed by atoms with Gasteiger partial charge < -0.3 is 24.4 Å². The lowest BCUT2D eigenvalue weighted by molar-refractivity contribution is 0.0180. The molecule has 1 aromatic rings. The van der Waals surface area contributed by atoms with Crippen LogP contribution in [0.4, 0.5) is 4.79 Å². The first-order valence-corrected chi connectivity index (χ1v) is 10.8. The van der Waals surface area contributed by atoms with E-state index in [1.165, 1.54) is 5.56 Å². The van der Waals surface area contributed by atoms with Gasteiger partial charge in [0.15, 0.2) is 0 Å². The van der Waals surface area contributed by atoms with Crippen molar-refractivity contribution in [1.82, 2.24) is 9.80 Å². The Bertz CT molecular complexity index is 588. The predicted molar refractivity (Wildman–Crippen MR) is 115 cm³/mol. The molecular weight excluding hydrogens is 368 g/mol. The lowest BCUT2D eigenvalue weighted by Crippen LogP contribution is -2.39. The Labute approximate surface area is 175 Å². The molecule has 1 aliphatic rings. The zero-order valence-electron chi connectivity index (χ0n) is 18.3. The summed E-state index contributed by atoms with van der Waals surface area (Å²) in [6.45, 7) is 10.7. The number of rotatable bonds is 9. The second kappa shape index (κ2) is 12.2. The number of carbonyl (C=O) groups excluding carboxylic acids is 1. The van der Waals surface area contributed by atoms with Crippen LogP contribution in [0.1, 0.15) is 52.0 Å². The molecule has 6 nitrogen and oxygen atoms in total. The van der Waals surface area contributed by atoms with Crippen molar-refractivity contribution in [2.24, 2.45) is 0 Å². The van der Waals surface area contributed by atoms with Crippen molar-refractivity contribution in [3.8, 4) is 0 Å². The SMILES string of the molecule is CC(C)(C)OC(=O)N1CCCN(CCC(CCCO)OCc2ccccc2)CC1. The van der Waals surface area contributed by atoms with Gasteiger partial charge >= 0.3 is 6.09 Å². The first-order valence-electron chi connectivity index (χ1n) is 10.8. The average molecular weight is 407 g/mol. The third-order valence-electron chi connectivity index (χ3n) is 5.02. The Morgan fingerprint density at radius 2 is 1.86 bits per heavy atom. The van der Waals surface area contributed by atoms with Crippen LogP contribution in [0.3, 0.4) is 0 Å². The molecule has 0 aliphatic carbocycles. The van der Waals surface area contributed by atoms with Crippen LogP contribution >= 0.6 is 0 Å². The zero-order valence-corrected chi connectivity index (χ0v) is 18.3. The van der Waals surface area contributed by atoms with Crippen LogP contribution in [-0.2, 0) is 16.1 Å². The molecule has 1 unspecified atom stereocenters. The summed E-state index contributed by atoms with van der Waals surface area (Å²) in [5, 5.41) is 9.20. The smallest absolute Gasteiger partial charge is 0.410 e. The first-order chi connectivity index (χ1) is 13.9. The summed E-state index contributed by atoms with van der Waals surface area (Å²) in [7, 11) is 0. The van der Waals surface area contributed by atoms with Crippen LogP contribution in [0.25, 0.3) is 0 Å². The highest BCUT2D eigenvalue weighted by atomic mass is 16.6. The monoisotopic (exact) mass is 406 g/mol. The number of hydrogen-bond donors (Lipinski definition) is 1. The molecule has 0 bridgehead atoms. The van der Waals surface area contributed by atoms with Gasteiger partial charge in [0.1, 0.15) is 5.60 Å². The molecule has 1 amide bonds. The van der Waals surface area contributed by atoms with Crippen molar-refractivity contribution in [3.05, 3.63) is 35.9 Å². The summed E-state index contributed by atoms with van der Waals surface area (Å²) < 4.78 is 11.7. The Hall–Kier alpha value is -1.63. The minimum Gasteiger partial charge on any atom is -0.444 e. The van der Waals surface area contributed by atoms with Crippen molar-refractivity contribution in [2.75, 3.05) is 39.3 Å². The van der Waals surface area contributed by atoms with E-state index >= 15 is 0 Å². The van der Waals surface area contributed by atoms with Gasteiger partial charge in [0.25, 0.3) is 0 Å².